The molecule has 0 radical (unpaired) electrons. The summed E-state index contributed by atoms with van der Waals surface area (Å²) in [5.41, 5.74) is 1.42. The number of amides is 2. The third-order valence-electron chi connectivity index (χ3n) is 17.8. The van der Waals surface area contributed by atoms with E-state index in [9.17, 15) is 24.3 Å². The Kier molecular flexibility index (Phi) is 14.7. The third kappa shape index (κ3) is 8.82. The Hall–Kier alpha value is -2.42. The number of hydrogen-bond acceptors (Lipinski definition) is 7. The molecule has 12 atom stereocenters. The van der Waals surface area contributed by atoms with Crippen LogP contribution in [0.5, 0.6) is 0 Å². The van der Waals surface area contributed by atoms with Crippen molar-refractivity contribution in [2.45, 2.75) is 196 Å². The van der Waals surface area contributed by atoms with Gasteiger partial charge in [-0.1, -0.05) is 79.9 Å². The van der Waals surface area contributed by atoms with Crippen LogP contribution in [0, 0.1) is 62.6 Å². The highest BCUT2D eigenvalue weighted by molar-refractivity contribution is 5.84. The minimum Gasteiger partial charge on any atom is -0.469 e. The van der Waals surface area contributed by atoms with Gasteiger partial charge in [0, 0.05) is 25.3 Å². The minimum absolute atomic E-state index is 0.0160. The maximum atomic E-state index is 14.6. The first kappa shape index (κ1) is 46.6. The molecule has 5 saturated carbocycles. The van der Waals surface area contributed by atoms with Gasteiger partial charge in [-0.25, -0.2) is 0 Å². The number of aliphatic hydroxyl groups is 1. The van der Waals surface area contributed by atoms with Crippen LogP contribution in [0.1, 0.15) is 178 Å². The van der Waals surface area contributed by atoms with Gasteiger partial charge in [0.25, 0.3) is 0 Å². The van der Waals surface area contributed by atoms with Crippen molar-refractivity contribution in [1.29, 1.82) is 0 Å². The second-order valence-electron chi connectivity index (χ2n) is 21.7. The summed E-state index contributed by atoms with van der Waals surface area (Å²) in [4.78, 5) is 51.1. The molecule has 0 saturated heterocycles. The van der Waals surface area contributed by atoms with E-state index in [2.05, 4.69) is 58.8 Å². The zero-order valence-electron chi connectivity index (χ0n) is 38.2. The molecule has 0 bridgehead atoms. The van der Waals surface area contributed by atoms with Crippen LogP contribution in [0.3, 0.4) is 0 Å². The van der Waals surface area contributed by atoms with Gasteiger partial charge in [-0.15, -0.1) is 0 Å². The zero-order valence-corrected chi connectivity index (χ0v) is 38.2. The lowest BCUT2D eigenvalue weighted by Crippen LogP contribution is -2.67. The van der Waals surface area contributed by atoms with Gasteiger partial charge in [0.15, 0.2) is 0 Å². The van der Waals surface area contributed by atoms with Crippen LogP contribution in [-0.4, -0.2) is 60.8 Å². The molecule has 5 fully saturated rings. The predicted octanol–water partition coefficient (Wildman–Crippen LogP) is 9.49. The first-order valence-corrected chi connectivity index (χ1v) is 23.3. The number of esters is 2. The molecule has 330 valence electrons. The summed E-state index contributed by atoms with van der Waals surface area (Å²) < 4.78 is 10.7. The molecule has 0 aromatic rings. The molecule has 5 aliphatic carbocycles. The van der Waals surface area contributed by atoms with Crippen LogP contribution in [-0.2, 0) is 28.7 Å². The number of aliphatic hydroxyl groups excluding tert-OH is 1. The van der Waals surface area contributed by atoms with Gasteiger partial charge in [-0.05, 0) is 142 Å². The summed E-state index contributed by atoms with van der Waals surface area (Å²) in [6, 6.07) is -0.479. The number of rotatable bonds is 17. The van der Waals surface area contributed by atoms with Crippen molar-refractivity contribution >= 4 is 23.8 Å². The lowest BCUT2D eigenvalue weighted by Gasteiger charge is -2.72. The van der Waals surface area contributed by atoms with Crippen LogP contribution >= 0.6 is 0 Å². The number of methoxy groups -OCH3 is 1. The second-order valence-corrected chi connectivity index (χ2v) is 21.7. The van der Waals surface area contributed by atoms with Gasteiger partial charge in [0.2, 0.25) is 11.8 Å². The molecular formula is C49H82N2O7. The van der Waals surface area contributed by atoms with Crippen LogP contribution in [0.15, 0.2) is 12.2 Å². The quantitative estimate of drug-likeness (QED) is 0.0758. The summed E-state index contributed by atoms with van der Waals surface area (Å²) in [6.45, 7) is 25.6. The zero-order chi connectivity index (χ0) is 42.8. The maximum absolute atomic E-state index is 14.6. The fourth-order valence-electron chi connectivity index (χ4n) is 14.7. The van der Waals surface area contributed by atoms with E-state index in [1.807, 2.05) is 13.8 Å². The number of allylic oxidation sites excluding steroid dienone is 1. The molecule has 0 aromatic carbocycles. The van der Waals surface area contributed by atoms with E-state index >= 15 is 0 Å². The predicted molar refractivity (Wildman–Crippen MR) is 229 cm³/mol. The number of carbonyl (C=O) groups is 4. The van der Waals surface area contributed by atoms with E-state index in [1.165, 1.54) is 38.4 Å². The topological polar surface area (TPSA) is 131 Å². The van der Waals surface area contributed by atoms with Crippen LogP contribution in [0.2, 0.25) is 0 Å². The largest absolute Gasteiger partial charge is 0.469 e. The van der Waals surface area contributed by atoms with Gasteiger partial charge in [0.05, 0.1) is 31.1 Å². The van der Waals surface area contributed by atoms with Crippen LogP contribution in [0.4, 0.5) is 0 Å². The average molecular weight is 811 g/mol. The number of ether oxygens (including phenoxy) is 2. The monoisotopic (exact) mass is 811 g/mol. The van der Waals surface area contributed by atoms with Crippen molar-refractivity contribution in [2.75, 3.05) is 13.7 Å². The average Bonchev–Trinajstić information content (AvgIpc) is 3.55. The fourth-order valence-corrected chi connectivity index (χ4v) is 14.7. The lowest BCUT2D eigenvalue weighted by atomic mass is 9.32. The van der Waals surface area contributed by atoms with Gasteiger partial charge in [-0.3, -0.25) is 19.2 Å². The van der Waals surface area contributed by atoms with E-state index in [0.717, 1.165) is 70.6 Å². The second kappa shape index (κ2) is 18.3. The van der Waals surface area contributed by atoms with Crippen LogP contribution in [0.25, 0.3) is 0 Å². The molecule has 0 spiro atoms. The Bertz CT molecular complexity index is 1510. The van der Waals surface area contributed by atoms with E-state index in [1.54, 1.807) is 6.92 Å². The standard InChI is InChI=1S/C49H82N2O7/c1-31(2)29-36(37(53)30-42(55)57-11)51-41(54)17-15-13-12-14-16-28-50-44(56)49-25-20-34(32(3)4)43(49)35-18-19-39-46(8)23-22-40(58-33(5)52)45(6,7)38(46)21-24-48(39,10)47(35,9)26-27-49/h31,34-40,43,53H,3,12-30H2,1-2,4-11H3,(H,50,56)(H,51,54)/t34-,35+,36-,37+,38-,39+,40-,43+,46-,47+,48+,49-/m0/s1. The SMILES string of the molecule is C=C(C)[C@@H]1CC[C@]2(C(=O)NCCCCCCCC(=O)N[C@@H](CC(C)C)[C@H](O)CC(=O)OC)CC[C@]3(C)[C@H](CC[C@@H]4[C@@]5(C)CC[C@H](OC(C)=O)C(C)(C)[C@@H]5CC[C@]43C)[C@@H]12. The Balaban J connectivity index is 1.16. The van der Waals surface area contributed by atoms with Gasteiger partial charge >= 0.3 is 11.9 Å². The normalized spacial score (nSPS) is 37.2. The minimum atomic E-state index is -0.973. The van der Waals surface area contributed by atoms with Crippen molar-refractivity contribution in [3.8, 4) is 0 Å². The molecule has 0 aliphatic heterocycles. The molecule has 9 nitrogen and oxygen atoms in total. The van der Waals surface area contributed by atoms with E-state index in [4.69, 9.17) is 9.47 Å². The van der Waals surface area contributed by atoms with Crippen molar-refractivity contribution in [1.82, 2.24) is 10.6 Å². The Morgan fingerprint density at radius 3 is 2.16 bits per heavy atom. The van der Waals surface area contributed by atoms with Crippen molar-refractivity contribution in [3.05, 3.63) is 12.2 Å². The van der Waals surface area contributed by atoms with Crippen LogP contribution < -0.4 is 10.6 Å². The lowest BCUT2D eigenvalue weighted by molar-refractivity contribution is -0.248. The molecule has 3 N–H and O–H groups in total. The Labute approximate surface area is 351 Å². The molecule has 5 aliphatic rings. The number of hydrogen-bond donors (Lipinski definition) is 3. The summed E-state index contributed by atoms with van der Waals surface area (Å²) in [6.07, 6.45) is 15.4. The Morgan fingerprint density at radius 2 is 1.50 bits per heavy atom. The molecule has 0 aromatic heterocycles. The molecule has 58 heavy (non-hydrogen) atoms. The van der Waals surface area contributed by atoms with Crippen molar-refractivity contribution in [2.24, 2.45) is 62.6 Å². The first-order chi connectivity index (χ1) is 27.2. The highest BCUT2D eigenvalue weighted by Gasteiger charge is 2.72. The number of fused-ring (bicyclic) bond motifs is 7. The van der Waals surface area contributed by atoms with E-state index in [-0.39, 0.29) is 63.3 Å². The molecule has 0 heterocycles. The van der Waals surface area contributed by atoms with Crippen molar-refractivity contribution in [3.63, 3.8) is 0 Å². The maximum Gasteiger partial charge on any atom is 0.308 e. The molecule has 9 heteroatoms. The fraction of sp³-hybridized carbons (Fsp3) is 0.878. The van der Waals surface area contributed by atoms with E-state index in [0.29, 0.717) is 49.0 Å². The molecular weight excluding hydrogens is 729 g/mol. The summed E-state index contributed by atoms with van der Waals surface area (Å²) in [7, 11) is 1.30. The smallest absolute Gasteiger partial charge is 0.308 e. The number of nitrogens with one attached hydrogen (secondary N) is 2. The molecule has 2 amide bonds. The van der Waals surface area contributed by atoms with Gasteiger partial charge < -0.3 is 25.2 Å². The number of unbranched alkanes of at least 4 members (excludes halogenated alkanes) is 4. The first-order valence-electron chi connectivity index (χ1n) is 23.3. The Morgan fingerprint density at radius 1 is 0.810 bits per heavy atom. The molecule has 0 unspecified atom stereocenters. The third-order valence-corrected chi connectivity index (χ3v) is 17.8. The number of carbonyl (C=O) groups excluding carboxylic acids is 4. The van der Waals surface area contributed by atoms with Crippen molar-refractivity contribution < 1.29 is 33.8 Å². The summed E-state index contributed by atoms with van der Waals surface area (Å²) in [5, 5.41) is 17.0. The summed E-state index contributed by atoms with van der Waals surface area (Å²) >= 11 is 0. The highest BCUT2D eigenvalue weighted by Crippen LogP contribution is 2.77. The van der Waals surface area contributed by atoms with Gasteiger partial charge in [0.1, 0.15) is 6.10 Å². The van der Waals surface area contributed by atoms with Gasteiger partial charge in [-0.2, -0.15) is 0 Å². The highest BCUT2D eigenvalue weighted by atomic mass is 16.5. The summed E-state index contributed by atoms with van der Waals surface area (Å²) in [5.74, 6) is 2.14. The van der Waals surface area contributed by atoms with E-state index < -0.39 is 18.1 Å². The molecule has 5 rings (SSSR count).